The van der Waals surface area contributed by atoms with Gasteiger partial charge in [0.15, 0.2) is 17.3 Å². The number of carbonyl (C=O) groups is 1. The lowest BCUT2D eigenvalue weighted by Gasteiger charge is -2.11. The van der Waals surface area contributed by atoms with Gasteiger partial charge in [0.2, 0.25) is 6.79 Å². The second-order valence-corrected chi connectivity index (χ2v) is 4.80. The van der Waals surface area contributed by atoms with Crippen molar-refractivity contribution in [1.82, 2.24) is 0 Å². The van der Waals surface area contributed by atoms with Crippen LogP contribution in [0.3, 0.4) is 0 Å². The fraction of sp³-hybridized carbons (Fsp3) is 0.562. The normalized spacial score (nSPS) is 12.6. The van der Waals surface area contributed by atoms with Crippen molar-refractivity contribution in [2.24, 2.45) is 0 Å². The van der Waals surface area contributed by atoms with Gasteiger partial charge in [0.05, 0.1) is 33.0 Å². The van der Waals surface area contributed by atoms with E-state index < -0.39 is 0 Å². The number of hydrogen-bond acceptors (Lipinski definition) is 6. The van der Waals surface area contributed by atoms with Gasteiger partial charge in [-0.25, -0.2) is 0 Å². The van der Waals surface area contributed by atoms with Crippen molar-refractivity contribution >= 4 is 5.78 Å². The Balaban J connectivity index is 1.90. The van der Waals surface area contributed by atoms with Gasteiger partial charge in [0, 0.05) is 19.1 Å². The molecular weight excluding hydrogens is 288 g/mol. The summed E-state index contributed by atoms with van der Waals surface area (Å²) in [5.41, 5.74) is 1.44. The fourth-order valence-electron chi connectivity index (χ4n) is 2.10. The van der Waals surface area contributed by atoms with Gasteiger partial charge in [-0.05, 0) is 17.7 Å². The van der Waals surface area contributed by atoms with E-state index in [1.807, 2.05) is 13.0 Å². The molecule has 0 N–H and O–H groups in total. The van der Waals surface area contributed by atoms with Crippen LogP contribution in [-0.4, -0.2) is 46.1 Å². The minimum Gasteiger partial charge on any atom is -0.454 e. The number of rotatable bonds is 10. The van der Waals surface area contributed by atoms with E-state index in [0.717, 1.165) is 5.56 Å². The molecule has 0 saturated heterocycles. The summed E-state index contributed by atoms with van der Waals surface area (Å²) in [4.78, 5) is 12.1. The van der Waals surface area contributed by atoms with Crippen molar-refractivity contribution < 1.29 is 28.5 Å². The maximum atomic E-state index is 12.1. The lowest BCUT2D eigenvalue weighted by Crippen LogP contribution is -2.10. The van der Waals surface area contributed by atoms with Crippen LogP contribution in [0.2, 0.25) is 0 Å². The Morgan fingerprint density at radius 3 is 2.50 bits per heavy atom. The molecule has 1 heterocycles. The highest BCUT2D eigenvalue weighted by Gasteiger charge is 2.20. The number of ketones is 1. The summed E-state index contributed by atoms with van der Waals surface area (Å²) >= 11 is 0. The highest BCUT2D eigenvalue weighted by Crippen LogP contribution is 2.35. The van der Waals surface area contributed by atoms with Gasteiger partial charge in [-0.2, -0.15) is 0 Å². The van der Waals surface area contributed by atoms with Crippen molar-refractivity contribution in [1.29, 1.82) is 0 Å². The topological polar surface area (TPSA) is 63.2 Å². The third-order valence-electron chi connectivity index (χ3n) is 3.28. The van der Waals surface area contributed by atoms with Gasteiger partial charge in [-0.3, -0.25) is 4.79 Å². The van der Waals surface area contributed by atoms with Crippen LogP contribution in [0.4, 0.5) is 0 Å². The third-order valence-corrected chi connectivity index (χ3v) is 3.28. The fourth-order valence-corrected chi connectivity index (χ4v) is 2.10. The van der Waals surface area contributed by atoms with E-state index in [4.69, 9.17) is 23.7 Å². The maximum Gasteiger partial charge on any atom is 0.231 e. The second kappa shape index (κ2) is 8.73. The summed E-state index contributed by atoms with van der Waals surface area (Å²) in [5, 5.41) is 0. The molecule has 1 aliphatic rings. The zero-order chi connectivity index (χ0) is 15.8. The zero-order valence-electron chi connectivity index (χ0n) is 13.1. The summed E-state index contributed by atoms with van der Waals surface area (Å²) in [5.74, 6) is 1.33. The van der Waals surface area contributed by atoms with Crippen LogP contribution in [0.1, 0.15) is 29.3 Å². The number of methoxy groups -OCH3 is 1. The predicted octanol–water partition coefficient (Wildman–Crippen LogP) is 2.19. The van der Waals surface area contributed by atoms with Crippen molar-refractivity contribution in [3.8, 4) is 11.5 Å². The molecule has 22 heavy (non-hydrogen) atoms. The van der Waals surface area contributed by atoms with E-state index in [1.54, 1.807) is 13.2 Å². The van der Waals surface area contributed by atoms with Crippen molar-refractivity contribution in [3.63, 3.8) is 0 Å². The molecular formula is C16H22O6. The van der Waals surface area contributed by atoms with Crippen LogP contribution in [0, 0.1) is 0 Å². The molecule has 2 rings (SSSR count). The van der Waals surface area contributed by atoms with Crippen molar-refractivity contribution in [3.05, 3.63) is 23.3 Å². The van der Waals surface area contributed by atoms with Crippen molar-refractivity contribution in [2.75, 3.05) is 40.3 Å². The number of carbonyl (C=O) groups excluding carboxylic acids is 1. The third kappa shape index (κ3) is 4.43. The Kier molecular flexibility index (Phi) is 6.64. The number of fused-ring (bicyclic) bond motifs is 1. The molecule has 0 fully saturated rings. The molecule has 0 aromatic heterocycles. The van der Waals surface area contributed by atoms with Gasteiger partial charge in [-0.1, -0.05) is 6.92 Å². The lowest BCUT2D eigenvalue weighted by atomic mass is 10.0. The average Bonchev–Trinajstić information content (AvgIpc) is 2.99. The van der Waals surface area contributed by atoms with Gasteiger partial charge in [0.25, 0.3) is 0 Å². The standard InChI is InChI=1S/C16H22O6/c1-3-14(17)13-9-16-15(21-11-22-16)8-12(13)10-20-7-6-19-5-4-18-2/h8-9H,3-7,10-11H2,1-2H3. The first-order valence-corrected chi connectivity index (χ1v) is 7.36. The van der Waals surface area contributed by atoms with Gasteiger partial charge in [-0.15, -0.1) is 0 Å². The van der Waals surface area contributed by atoms with Crippen LogP contribution < -0.4 is 9.47 Å². The van der Waals surface area contributed by atoms with E-state index in [2.05, 4.69) is 0 Å². The summed E-state index contributed by atoms with van der Waals surface area (Å²) in [6, 6.07) is 3.55. The summed E-state index contributed by atoms with van der Waals surface area (Å²) < 4.78 is 26.5. The first kappa shape index (κ1) is 16.7. The Hall–Kier alpha value is -1.63. The number of benzene rings is 1. The monoisotopic (exact) mass is 310 g/mol. The van der Waals surface area contributed by atoms with Crippen LogP contribution in [0.25, 0.3) is 0 Å². The van der Waals surface area contributed by atoms with E-state index in [9.17, 15) is 4.79 Å². The van der Waals surface area contributed by atoms with Gasteiger partial charge >= 0.3 is 0 Å². The Morgan fingerprint density at radius 1 is 1.09 bits per heavy atom. The quantitative estimate of drug-likeness (QED) is 0.487. The largest absolute Gasteiger partial charge is 0.454 e. The molecule has 0 unspecified atom stereocenters. The predicted molar refractivity (Wildman–Crippen MR) is 79.5 cm³/mol. The first-order chi connectivity index (χ1) is 10.8. The second-order valence-electron chi connectivity index (χ2n) is 4.80. The van der Waals surface area contributed by atoms with Crippen molar-refractivity contribution in [2.45, 2.75) is 20.0 Å². The van der Waals surface area contributed by atoms with Gasteiger partial charge < -0.3 is 23.7 Å². The SMILES string of the molecule is CCC(=O)c1cc2c(cc1COCCOCCOC)OCO2. The first-order valence-electron chi connectivity index (χ1n) is 7.36. The molecule has 0 saturated carbocycles. The molecule has 6 nitrogen and oxygen atoms in total. The molecule has 0 bridgehead atoms. The Bertz CT molecular complexity index is 500. The van der Waals surface area contributed by atoms with E-state index in [-0.39, 0.29) is 12.6 Å². The van der Waals surface area contributed by atoms with Crippen LogP contribution in [0.5, 0.6) is 11.5 Å². The minimum absolute atomic E-state index is 0.0632. The maximum absolute atomic E-state index is 12.1. The molecule has 1 aliphatic heterocycles. The number of hydrogen-bond donors (Lipinski definition) is 0. The van der Waals surface area contributed by atoms with Gasteiger partial charge in [0.1, 0.15) is 0 Å². The summed E-state index contributed by atoms with van der Waals surface area (Å²) in [7, 11) is 1.63. The number of Topliss-reactive ketones (excluding diaryl/α,β-unsaturated/α-hetero) is 1. The summed E-state index contributed by atoms with van der Waals surface area (Å²) in [6.07, 6.45) is 0.437. The van der Waals surface area contributed by atoms with Crippen LogP contribution in [-0.2, 0) is 20.8 Å². The molecule has 0 spiro atoms. The average molecular weight is 310 g/mol. The molecule has 122 valence electrons. The zero-order valence-corrected chi connectivity index (χ0v) is 13.1. The molecule has 0 amide bonds. The molecule has 1 aromatic rings. The van der Waals surface area contributed by atoms with E-state index in [0.29, 0.717) is 56.5 Å². The lowest BCUT2D eigenvalue weighted by molar-refractivity contribution is 0.0198. The van der Waals surface area contributed by atoms with Crippen LogP contribution >= 0.6 is 0 Å². The van der Waals surface area contributed by atoms with E-state index >= 15 is 0 Å². The number of ether oxygens (including phenoxy) is 5. The highest BCUT2D eigenvalue weighted by molar-refractivity contribution is 5.98. The minimum atomic E-state index is 0.0632. The van der Waals surface area contributed by atoms with E-state index in [1.165, 1.54) is 0 Å². The molecule has 0 aliphatic carbocycles. The highest BCUT2D eigenvalue weighted by atomic mass is 16.7. The molecule has 1 aromatic carbocycles. The molecule has 6 heteroatoms. The Labute approximate surface area is 130 Å². The summed E-state index contributed by atoms with van der Waals surface area (Å²) in [6.45, 7) is 4.42. The smallest absolute Gasteiger partial charge is 0.231 e. The molecule has 0 radical (unpaired) electrons. The Morgan fingerprint density at radius 2 is 1.77 bits per heavy atom. The van der Waals surface area contributed by atoms with Crippen LogP contribution in [0.15, 0.2) is 12.1 Å². The molecule has 0 atom stereocenters.